The molecule has 0 rings (SSSR count). The van der Waals surface area contributed by atoms with Crippen LogP contribution in [0.15, 0.2) is 0 Å². The molecule has 0 saturated carbocycles. The average molecular weight is 540 g/mol. The fourth-order valence-corrected chi connectivity index (χ4v) is 2.46. The zero-order chi connectivity index (χ0) is 15.5. The molecule has 0 spiro atoms. The molecule has 0 aliphatic heterocycles. The molecule has 0 unspecified atom stereocenters. The fourth-order valence-electron chi connectivity index (χ4n) is 2.46. The molecule has 2 nitrogen and oxygen atoms in total. The molecule has 22 heavy (non-hydrogen) atoms. The second-order valence-corrected chi connectivity index (χ2v) is 7.78. The summed E-state index contributed by atoms with van der Waals surface area (Å²) in [6, 6.07) is 0. The van der Waals surface area contributed by atoms with Gasteiger partial charge in [-0.3, -0.25) is 0 Å². The molecule has 0 aromatic rings. The summed E-state index contributed by atoms with van der Waals surface area (Å²) in [6.45, 7) is 9.79. The molecular weight excluding hydrogens is 498 g/mol. The Labute approximate surface area is 175 Å². The first kappa shape index (κ1) is 28.2. The van der Waals surface area contributed by atoms with Gasteiger partial charge in [0.2, 0.25) is 0 Å². The molecule has 0 aliphatic rings. The summed E-state index contributed by atoms with van der Waals surface area (Å²) in [6.07, 6.45) is 11.5. The van der Waals surface area contributed by atoms with Crippen molar-refractivity contribution >= 4 is 0 Å². The summed E-state index contributed by atoms with van der Waals surface area (Å²) in [5, 5.41) is 0. The zero-order valence-electron chi connectivity index (χ0n) is 16.1. The van der Waals surface area contributed by atoms with Crippen LogP contribution < -0.4 is 48.0 Å². The van der Waals surface area contributed by atoms with Crippen LogP contribution in [0.4, 0.5) is 0 Å². The lowest BCUT2D eigenvalue weighted by molar-refractivity contribution is -0.888. The van der Waals surface area contributed by atoms with E-state index in [1.165, 1.54) is 86.5 Å². The van der Waals surface area contributed by atoms with Crippen LogP contribution in [0.2, 0.25) is 0 Å². The van der Waals surface area contributed by atoms with Crippen LogP contribution in [0.1, 0.15) is 65.2 Å². The third-order valence-electron chi connectivity index (χ3n) is 4.99. The topological polar surface area (TPSA) is 0 Å². The molecule has 0 saturated heterocycles. The van der Waals surface area contributed by atoms with Crippen LogP contribution >= 0.6 is 0 Å². The van der Waals surface area contributed by atoms with Gasteiger partial charge in [0, 0.05) is 0 Å². The molecule has 0 aromatic carbocycles. The molecule has 0 amide bonds. The molecule has 0 N–H and O–H groups in total. The molecule has 0 heterocycles. The quantitative estimate of drug-likeness (QED) is 0.149. The van der Waals surface area contributed by atoms with Crippen molar-refractivity contribution in [2.75, 3.05) is 54.4 Å². The standard InChI is InChI=1S/C18H42N2.2HI/c1-7-19(3,4)17-15-13-11-9-10-12-14-16-18-20(5,6)8-2;;/h7-18H2,1-6H3;2*1H/q+2;;/p-2. The maximum absolute atomic E-state index is 2.34. The third-order valence-corrected chi connectivity index (χ3v) is 4.99. The van der Waals surface area contributed by atoms with E-state index >= 15 is 0 Å². The van der Waals surface area contributed by atoms with E-state index in [0.29, 0.717) is 0 Å². The Kier molecular flexibility index (Phi) is 20.4. The molecule has 138 valence electrons. The fraction of sp³-hybridized carbons (Fsp3) is 1.00. The van der Waals surface area contributed by atoms with E-state index in [9.17, 15) is 0 Å². The van der Waals surface area contributed by atoms with E-state index in [1.54, 1.807) is 0 Å². The van der Waals surface area contributed by atoms with Crippen LogP contribution in [0.3, 0.4) is 0 Å². The van der Waals surface area contributed by atoms with Gasteiger partial charge in [0.1, 0.15) is 0 Å². The normalized spacial score (nSPS) is 11.7. The Balaban J connectivity index is -0.00000180. The first-order chi connectivity index (χ1) is 9.33. The smallest absolute Gasteiger partial charge is 0.0782 e. The van der Waals surface area contributed by atoms with Crippen LogP contribution in [-0.4, -0.2) is 63.3 Å². The van der Waals surface area contributed by atoms with Gasteiger partial charge >= 0.3 is 0 Å². The van der Waals surface area contributed by atoms with Crippen molar-refractivity contribution in [1.29, 1.82) is 0 Å². The SMILES string of the molecule is CC[N+](C)(C)CCCCCCCCCC[N+](C)(C)CC.[I-].[I-]. The average Bonchev–Trinajstić information content (AvgIpc) is 2.41. The molecular formula is C18H42I2N2. The second kappa shape index (κ2) is 15.9. The summed E-state index contributed by atoms with van der Waals surface area (Å²) >= 11 is 0. The maximum atomic E-state index is 2.34. The lowest BCUT2D eigenvalue weighted by Gasteiger charge is -2.28. The number of unbranched alkanes of at least 4 members (excludes halogenated alkanes) is 7. The van der Waals surface area contributed by atoms with Gasteiger partial charge in [-0.05, 0) is 39.5 Å². The maximum Gasteiger partial charge on any atom is 0.0782 e. The predicted octanol–water partition coefficient (Wildman–Crippen LogP) is -1.69. The van der Waals surface area contributed by atoms with Crippen molar-refractivity contribution in [3.05, 3.63) is 0 Å². The van der Waals surface area contributed by atoms with Crippen LogP contribution in [0.5, 0.6) is 0 Å². The summed E-state index contributed by atoms with van der Waals surface area (Å²) in [4.78, 5) is 0. The van der Waals surface area contributed by atoms with Crippen molar-refractivity contribution in [2.45, 2.75) is 65.2 Å². The molecule has 0 atom stereocenters. The predicted molar refractivity (Wildman–Crippen MR) is 92.0 cm³/mol. The first-order valence-electron chi connectivity index (χ1n) is 8.97. The molecule has 0 aliphatic carbocycles. The number of hydrogen-bond acceptors (Lipinski definition) is 0. The summed E-state index contributed by atoms with van der Waals surface area (Å²) < 4.78 is 2.37. The first-order valence-corrected chi connectivity index (χ1v) is 8.97. The minimum atomic E-state index is 0. The number of rotatable bonds is 13. The molecule has 4 heteroatoms. The summed E-state index contributed by atoms with van der Waals surface area (Å²) in [7, 11) is 9.37. The van der Waals surface area contributed by atoms with Gasteiger partial charge < -0.3 is 56.9 Å². The van der Waals surface area contributed by atoms with Gasteiger partial charge in [-0.25, -0.2) is 0 Å². The zero-order valence-corrected chi connectivity index (χ0v) is 20.5. The van der Waals surface area contributed by atoms with Crippen molar-refractivity contribution in [3.8, 4) is 0 Å². The Morgan fingerprint density at radius 3 is 0.909 bits per heavy atom. The third kappa shape index (κ3) is 17.7. The number of hydrogen-bond donors (Lipinski definition) is 0. The highest BCUT2D eigenvalue weighted by atomic mass is 127. The van der Waals surface area contributed by atoms with E-state index in [-0.39, 0.29) is 48.0 Å². The number of quaternary nitrogens is 2. The van der Waals surface area contributed by atoms with E-state index in [4.69, 9.17) is 0 Å². The Morgan fingerprint density at radius 1 is 0.455 bits per heavy atom. The molecule has 0 bridgehead atoms. The monoisotopic (exact) mass is 540 g/mol. The van der Waals surface area contributed by atoms with Crippen molar-refractivity contribution in [2.24, 2.45) is 0 Å². The number of halogens is 2. The van der Waals surface area contributed by atoms with Crippen molar-refractivity contribution < 1.29 is 56.9 Å². The van der Waals surface area contributed by atoms with Gasteiger partial charge in [0.05, 0.1) is 54.4 Å². The largest absolute Gasteiger partial charge is 1.00 e. The lowest BCUT2D eigenvalue weighted by Crippen LogP contribution is -3.00. The highest BCUT2D eigenvalue weighted by molar-refractivity contribution is 4.47. The van der Waals surface area contributed by atoms with E-state index in [0.717, 1.165) is 0 Å². The van der Waals surface area contributed by atoms with Gasteiger partial charge in [0.25, 0.3) is 0 Å². The Bertz CT molecular complexity index is 207. The Morgan fingerprint density at radius 2 is 0.682 bits per heavy atom. The molecule has 0 fully saturated rings. The number of nitrogens with zero attached hydrogens (tertiary/aromatic N) is 2. The molecule has 0 radical (unpaired) electrons. The van der Waals surface area contributed by atoms with Gasteiger partial charge in [-0.2, -0.15) is 0 Å². The van der Waals surface area contributed by atoms with Crippen molar-refractivity contribution in [3.63, 3.8) is 0 Å². The summed E-state index contributed by atoms with van der Waals surface area (Å²) in [5.41, 5.74) is 0. The second-order valence-electron chi connectivity index (χ2n) is 7.78. The summed E-state index contributed by atoms with van der Waals surface area (Å²) in [5.74, 6) is 0. The minimum absolute atomic E-state index is 0. The van der Waals surface area contributed by atoms with Crippen LogP contribution in [0.25, 0.3) is 0 Å². The lowest BCUT2D eigenvalue weighted by atomic mass is 10.1. The van der Waals surface area contributed by atoms with Gasteiger partial charge in [0.15, 0.2) is 0 Å². The van der Waals surface area contributed by atoms with Gasteiger partial charge in [-0.1, -0.05) is 25.7 Å². The van der Waals surface area contributed by atoms with E-state index < -0.39 is 0 Å². The van der Waals surface area contributed by atoms with Crippen molar-refractivity contribution in [1.82, 2.24) is 0 Å². The Hall–Kier alpha value is 1.38. The van der Waals surface area contributed by atoms with Gasteiger partial charge in [-0.15, -0.1) is 0 Å². The molecule has 0 aromatic heterocycles. The minimum Gasteiger partial charge on any atom is -1.00 e. The highest BCUT2D eigenvalue weighted by Gasteiger charge is 2.11. The van der Waals surface area contributed by atoms with E-state index in [2.05, 4.69) is 42.0 Å². The highest BCUT2D eigenvalue weighted by Crippen LogP contribution is 2.11. The van der Waals surface area contributed by atoms with Crippen LogP contribution in [-0.2, 0) is 0 Å². The van der Waals surface area contributed by atoms with E-state index in [1.807, 2.05) is 0 Å². The van der Waals surface area contributed by atoms with Crippen LogP contribution in [0, 0.1) is 0 Å².